The van der Waals surface area contributed by atoms with Gasteiger partial charge in [-0.05, 0) is 18.6 Å². The number of fused-ring (bicyclic) bond motifs is 1. The van der Waals surface area contributed by atoms with E-state index in [1.807, 2.05) is 41.1 Å². The van der Waals surface area contributed by atoms with Crippen LogP contribution in [0.1, 0.15) is 39.3 Å². The van der Waals surface area contributed by atoms with Crippen LogP contribution < -0.4 is 0 Å². The number of aliphatic hydroxyl groups is 1. The first-order valence-corrected chi connectivity index (χ1v) is 8.60. The average Bonchev–Trinajstić information content (AvgIpc) is 3.27. The van der Waals surface area contributed by atoms with Crippen molar-refractivity contribution >= 4 is 5.91 Å². The number of nitrogens with zero attached hydrogens (tertiary/aromatic N) is 4. The van der Waals surface area contributed by atoms with Crippen molar-refractivity contribution in [1.29, 1.82) is 0 Å². The number of amides is 1. The molecule has 1 N–H and O–H groups in total. The average molecular weight is 352 g/mol. The summed E-state index contributed by atoms with van der Waals surface area (Å²) >= 11 is 0. The molecule has 0 saturated carbocycles. The number of hydrogen-bond donors (Lipinski definition) is 1. The molecule has 1 atom stereocenters. The Balaban J connectivity index is 1.48. The third-order valence-corrected chi connectivity index (χ3v) is 4.66. The van der Waals surface area contributed by atoms with Crippen molar-refractivity contribution in [3.8, 4) is 0 Å². The maximum absolute atomic E-state index is 12.6. The number of rotatable bonds is 4. The third-order valence-electron chi connectivity index (χ3n) is 4.66. The zero-order chi connectivity index (χ0) is 18.1. The van der Waals surface area contributed by atoms with Crippen molar-refractivity contribution in [2.75, 3.05) is 6.54 Å². The molecule has 0 saturated heterocycles. The first-order valence-electron chi connectivity index (χ1n) is 8.60. The van der Waals surface area contributed by atoms with E-state index in [4.69, 9.17) is 4.42 Å². The molecule has 0 unspecified atom stereocenters. The minimum atomic E-state index is -0.670. The molecule has 1 aromatic carbocycles. The molecule has 1 aliphatic rings. The van der Waals surface area contributed by atoms with Crippen LogP contribution in [0.15, 0.2) is 47.2 Å². The SMILES string of the molecule is Cc1ncoc1C(=O)N1CCn2nc([C@@H](O)Cc3ccccc3)cc2C1. The molecule has 134 valence electrons. The molecule has 1 amide bonds. The zero-order valence-electron chi connectivity index (χ0n) is 14.5. The molecule has 7 heteroatoms. The number of hydrogen-bond acceptors (Lipinski definition) is 5. The Kier molecular flexibility index (Phi) is 4.30. The van der Waals surface area contributed by atoms with Crippen molar-refractivity contribution in [2.45, 2.75) is 32.5 Å². The highest BCUT2D eigenvalue weighted by molar-refractivity contribution is 5.92. The second-order valence-electron chi connectivity index (χ2n) is 6.48. The molecule has 26 heavy (non-hydrogen) atoms. The van der Waals surface area contributed by atoms with Gasteiger partial charge in [0.25, 0.3) is 5.91 Å². The molecule has 3 aromatic rings. The van der Waals surface area contributed by atoms with E-state index >= 15 is 0 Å². The van der Waals surface area contributed by atoms with Gasteiger partial charge in [0, 0.05) is 13.0 Å². The van der Waals surface area contributed by atoms with E-state index in [2.05, 4.69) is 10.1 Å². The summed E-state index contributed by atoms with van der Waals surface area (Å²) in [7, 11) is 0. The van der Waals surface area contributed by atoms with Gasteiger partial charge in [-0.15, -0.1) is 0 Å². The highest BCUT2D eigenvalue weighted by Crippen LogP contribution is 2.22. The first-order chi connectivity index (χ1) is 12.6. The predicted octanol–water partition coefficient (Wildman–Crippen LogP) is 2.11. The molecule has 0 aliphatic carbocycles. The van der Waals surface area contributed by atoms with Gasteiger partial charge in [0.2, 0.25) is 5.76 Å². The lowest BCUT2D eigenvalue weighted by atomic mass is 10.1. The monoisotopic (exact) mass is 352 g/mol. The van der Waals surface area contributed by atoms with Gasteiger partial charge >= 0.3 is 0 Å². The summed E-state index contributed by atoms with van der Waals surface area (Å²) in [6.07, 6.45) is 1.13. The van der Waals surface area contributed by atoms with Gasteiger partial charge in [-0.25, -0.2) is 4.98 Å². The van der Waals surface area contributed by atoms with Crippen molar-refractivity contribution in [3.05, 3.63) is 71.2 Å². The van der Waals surface area contributed by atoms with E-state index in [-0.39, 0.29) is 11.7 Å². The topological polar surface area (TPSA) is 84.4 Å². The van der Waals surface area contributed by atoms with Gasteiger partial charge in [-0.3, -0.25) is 9.48 Å². The molecule has 3 heterocycles. The lowest BCUT2D eigenvalue weighted by Crippen LogP contribution is -2.38. The fraction of sp³-hybridized carbons (Fsp3) is 0.316. The van der Waals surface area contributed by atoms with Crippen LogP contribution in [0, 0.1) is 6.92 Å². The first kappa shape index (κ1) is 16.5. The number of benzene rings is 1. The van der Waals surface area contributed by atoms with E-state index in [0.29, 0.717) is 37.4 Å². The van der Waals surface area contributed by atoms with Crippen molar-refractivity contribution in [1.82, 2.24) is 19.7 Å². The standard InChI is InChI=1S/C19H20N4O3/c1-13-18(26-12-20-13)19(25)22-7-8-23-15(11-22)10-16(21-23)17(24)9-14-5-3-2-4-6-14/h2-6,10,12,17,24H,7-9,11H2,1H3/t17-/m0/s1. The molecule has 0 spiro atoms. The maximum Gasteiger partial charge on any atom is 0.291 e. The molecule has 4 rings (SSSR count). The van der Waals surface area contributed by atoms with Gasteiger partial charge in [0.15, 0.2) is 6.39 Å². The van der Waals surface area contributed by atoms with Gasteiger partial charge in [0.05, 0.1) is 30.2 Å². The Morgan fingerprint density at radius 3 is 2.85 bits per heavy atom. The number of carbonyl (C=O) groups excluding carboxylic acids is 1. The highest BCUT2D eigenvalue weighted by Gasteiger charge is 2.27. The summed E-state index contributed by atoms with van der Waals surface area (Å²) in [6.45, 7) is 3.32. The Bertz CT molecular complexity index is 916. The Morgan fingerprint density at radius 2 is 2.12 bits per heavy atom. The summed E-state index contributed by atoms with van der Waals surface area (Å²) in [5.41, 5.74) is 3.19. The van der Waals surface area contributed by atoms with Crippen molar-refractivity contribution in [2.24, 2.45) is 0 Å². The second-order valence-corrected chi connectivity index (χ2v) is 6.48. The number of aryl methyl sites for hydroxylation is 1. The lowest BCUT2D eigenvalue weighted by Gasteiger charge is -2.26. The number of aromatic nitrogens is 3. The quantitative estimate of drug-likeness (QED) is 0.777. The number of carbonyl (C=O) groups is 1. The molecule has 7 nitrogen and oxygen atoms in total. The summed E-state index contributed by atoms with van der Waals surface area (Å²) in [6, 6.07) is 11.7. The second kappa shape index (κ2) is 6.76. The summed E-state index contributed by atoms with van der Waals surface area (Å²) in [5.74, 6) is 0.112. The molecule has 0 fully saturated rings. The summed E-state index contributed by atoms with van der Waals surface area (Å²) in [5, 5.41) is 15.0. The fourth-order valence-electron chi connectivity index (χ4n) is 3.22. The molecule has 1 aliphatic heterocycles. The van der Waals surface area contributed by atoms with Gasteiger partial charge in [0.1, 0.15) is 6.10 Å². The van der Waals surface area contributed by atoms with Crippen LogP contribution >= 0.6 is 0 Å². The van der Waals surface area contributed by atoms with Crippen LogP contribution in [-0.2, 0) is 19.5 Å². The highest BCUT2D eigenvalue weighted by atomic mass is 16.3. The Hall–Kier alpha value is -2.93. The largest absolute Gasteiger partial charge is 0.438 e. The van der Waals surface area contributed by atoms with E-state index in [0.717, 1.165) is 11.3 Å². The van der Waals surface area contributed by atoms with Crippen LogP contribution in [0.2, 0.25) is 0 Å². The van der Waals surface area contributed by atoms with E-state index in [9.17, 15) is 9.90 Å². The molecule has 2 aromatic heterocycles. The lowest BCUT2D eigenvalue weighted by molar-refractivity contribution is 0.0672. The maximum atomic E-state index is 12.6. The molecular formula is C19H20N4O3. The van der Waals surface area contributed by atoms with Crippen LogP contribution in [0.3, 0.4) is 0 Å². The van der Waals surface area contributed by atoms with E-state index < -0.39 is 6.10 Å². The normalized spacial score (nSPS) is 14.9. The van der Waals surface area contributed by atoms with E-state index in [1.54, 1.807) is 11.8 Å². The number of oxazole rings is 1. The summed E-state index contributed by atoms with van der Waals surface area (Å²) in [4.78, 5) is 18.3. The fourth-order valence-corrected chi connectivity index (χ4v) is 3.22. The number of aliphatic hydroxyl groups excluding tert-OH is 1. The van der Waals surface area contributed by atoms with Gasteiger partial charge in [-0.2, -0.15) is 5.10 Å². The van der Waals surface area contributed by atoms with Crippen molar-refractivity contribution < 1.29 is 14.3 Å². The minimum Gasteiger partial charge on any atom is -0.438 e. The minimum absolute atomic E-state index is 0.168. The van der Waals surface area contributed by atoms with Gasteiger partial charge in [-0.1, -0.05) is 30.3 Å². The molecular weight excluding hydrogens is 332 g/mol. The molecule has 0 radical (unpaired) electrons. The third kappa shape index (κ3) is 3.13. The van der Waals surface area contributed by atoms with Gasteiger partial charge < -0.3 is 14.4 Å². The summed E-state index contributed by atoms with van der Waals surface area (Å²) < 4.78 is 7.07. The van der Waals surface area contributed by atoms with Crippen LogP contribution in [0.25, 0.3) is 0 Å². The zero-order valence-corrected chi connectivity index (χ0v) is 14.5. The Labute approximate surface area is 150 Å². The smallest absolute Gasteiger partial charge is 0.291 e. The van der Waals surface area contributed by atoms with Crippen molar-refractivity contribution in [3.63, 3.8) is 0 Å². The van der Waals surface area contributed by atoms with E-state index in [1.165, 1.54) is 6.39 Å². The van der Waals surface area contributed by atoms with Crippen LogP contribution in [0.4, 0.5) is 0 Å². The predicted molar refractivity (Wildman–Crippen MR) is 93.3 cm³/mol. The van der Waals surface area contributed by atoms with Crippen LogP contribution in [-0.4, -0.2) is 37.2 Å². The van der Waals surface area contributed by atoms with Crippen LogP contribution in [0.5, 0.6) is 0 Å². The molecule has 0 bridgehead atoms. The Morgan fingerprint density at radius 1 is 1.31 bits per heavy atom.